The monoisotopic (exact) mass is 352 g/mol. The number of hydrogen-bond acceptors (Lipinski definition) is 4. The Hall–Kier alpha value is -1.50. The standard InChI is InChI=1S/C17H22ClFN4O/c1-12(2)23-10-16(20-21-23)17(24)6-3-7-22(11-17)9-13-4-5-14(19)8-15(13)18/h4-5,8,10,12,24H,3,6-7,9,11H2,1-2H3. The van der Waals surface area contributed by atoms with Crippen molar-refractivity contribution in [3.8, 4) is 0 Å². The van der Waals surface area contributed by atoms with E-state index in [0.717, 1.165) is 18.5 Å². The molecule has 1 atom stereocenters. The van der Waals surface area contributed by atoms with Crippen molar-refractivity contribution >= 4 is 11.6 Å². The van der Waals surface area contributed by atoms with Gasteiger partial charge in [0.15, 0.2) is 0 Å². The highest BCUT2D eigenvalue weighted by Gasteiger charge is 2.37. The maximum atomic E-state index is 13.2. The third-order valence-corrected chi connectivity index (χ3v) is 4.83. The first kappa shape index (κ1) is 17.3. The van der Waals surface area contributed by atoms with Gasteiger partial charge in [-0.05, 0) is 50.9 Å². The van der Waals surface area contributed by atoms with Crippen molar-refractivity contribution in [1.82, 2.24) is 19.9 Å². The van der Waals surface area contributed by atoms with Crippen LogP contribution in [0.5, 0.6) is 0 Å². The number of nitrogens with zero attached hydrogens (tertiary/aromatic N) is 4. The van der Waals surface area contributed by atoms with E-state index in [1.54, 1.807) is 10.7 Å². The van der Waals surface area contributed by atoms with Crippen LogP contribution in [0.1, 0.15) is 44.0 Å². The fourth-order valence-electron chi connectivity index (χ4n) is 3.10. The molecule has 130 valence electrons. The Labute approximate surface area is 146 Å². The van der Waals surface area contributed by atoms with E-state index in [9.17, 15) is 9.50 Å². The molecule has 0 radical (unpaired) electrons. The molecule has 1 aliphatic rings. The van der Waals surface area contributed by atoms with Crippen molar-refractivity contribution in [3.63, 3.8) is 0 Å². The van der Waals surface area contributed by atoms with E-state index in [-0.39, 0.29) is 11.9 Å². The molecule has 0 aliphatic carbocycles. The predicted octanol–water partition coefficient (Wildman–Crippen LogP) is 3.14. The molecule has 0 spiro atoms. The third-order valence-electron chi connectivity index (χ3n) is 4.48. The van der Waals surface area contributed by atoms with Crippen LogP contribution in [0.25, 0.3) is 0 Å². The van der Waals surface area contributed by atoms with Crippen LogP contribution in [0.4, 0.5) is 4.39 Å². The van der Waals surface area contributed by atoms with Crippen LogP contribution in [0, 0.1) is 5.82 Å². The number of aromatic nitrogens is 3. The highest BCUT2D eigenvalue weighted by atomic mass is 35.5. The summed E-state index contributed by atoms with van der Waals surface area (Å²) < 4.78 is 14.9. The molecule has 5 nitrogen and oxygen atoms in total. The summed E-state index contributed by atoms with van der Waals surface area (Å²) in [6.45, 7) is 5.92. The number of rotatable bonds is 4. The smallest absolute Gasteiger partial charge is 0.124 e. The summed E-state index contributed by atoms with van der Waals surface area (Å²) in [5, 5.41) is 19.7. The molecule has 7 heteroatoms. The van der Waals surface area contributed by atoms with E-state index in [4.69, 9.17) is 11.6 Å². The molecule has 1 fully saturated rings. The highest BCUT2D eigenvalue weighted by molar-refractivity contribution is 6.31. The van der Waals surface area contributed by atoms with E-state index >= 15 is 0 Å². The second kappa shape index (κ2) is 6.78. The zero-order valence-corrected chi connectivity index (χ0v) is 14.7. The minimum atomic E-state index is -1.02. The Morgan fingerprint density at radius 3 is 2.88 bits per heavy atom. The first-order valence-electron chi connectivity index (χ1n) is 8.18. The molecule has 1 aliphatic heterocycles. The topological polar surface area (TPSA) is 54.2 Å². The van der Waals surface area contributed by atoms with Gasteiger partial charge in [0.05, 0.1) is 6.20 Å². The van der Waals surface area contributed by atoms with Gasteiger partial charge in [0.2, 0.25) is 0 Å². The Kier molecular flexibility index (Phi) is 4.90. The van der Waals surface area contributed by atoms with Crippen molar-refractivity contribution in [2.45, 2.75) is 44.9 Å². The van der Waals surface area contributed by atoms with Crippen LogP contribution < -0.4 is 0 Å². The van der Waals surface area contributed by atoms with Crippen LogP contribution in [0.2, 0.25) is 5.02 Å². The summed E-state index contributed by atoms with van der Waals surface area (Å²) in [5.74, 6) is -0.343. The van der Waals surface area contributed by atoms with Gasteiger partial charge in [0.1, 0.15) is 17.1 Å². The fraction of sp³-hybridized carbons (Fsp3) is 0.529. The Morgan fingerprint density at radius 1 is 1.42 bits per heavy atom. The summed E-state index contributed by atoms with van der Waals surface area (Å²) in [5.41, 5.74) is 0.442. The lowest BCUT2D eigenvalue weighted by atomic mass is 9.89. The first-order chi connectivity index (χ1) is 11.4. The minimum absolute atomic E-state index is 0.201. The van der Waals surface area contributed by atoms with Gasteiger partial charge in [-0.1, -0.05) is 22.9 Å². The normalized spacial score (nSPS) is 22.2. The summed E-state index contributed by atoms with van der Waals surface area (Å²) in [6, 6.07) is 4.63. The van der Waals surface area contributed by atoms with Crippen molar-refractivity contribution in [1.29, 1.82) is 0 Å². The van der Waals surface area contributed by atoms with E-state index in [1.165, 1.54) is 12.1 Å². The number of halogens is 2. The van der Waals surface area contributed by atoms with Crippen LogP contribution in [0.15, 0.2) is 24.4 Å². The summed E-state index contributed by atoms with van der Waals surface area (Å²) >= 11 is 6.12. The Balaban J connectivity index is 1.75. The lowest BCUT2D eigenvalue weighted by Gasteiger charge is -2.38. The minimum Gasteiger partial charge on any atom is -0.382 e. The van der Waals surface area contributed by atoms with Crippen LogP contribution in [0.3, 0.4) is 0 Å². The van der Waals surface area contributed by atoms with Crippen molar-refractivity contribution in [2.75, 3.05) is 13.1 Å². The number of benzene rings is 1. The second-order valence-electron chi connectivity index (χ2n) is 6.76. The quantitative estimate of drug-likeness (QED) is 0.918. The molecule has 1 unspecified atom stereocenters. The van der Waals surface area contributed by atoms with Gasteiger partial charge in [0, 0.05) is 24.2 Å². The van der Waals surface area contributed by atoms with Gasteiger partial charge in [0.25, 0.3) is 0 Å². The third kappa shape index (κ3) is 3.61. The van der Waals surface area contributed by atoms with Crippen molar-refractivity contribution in [3.05, 3.63) is 46.5 Å². The molecule has 3 rings (SSSR count). The van der Waals surface area contributed by atoms with Crippen LogP contribution in [-0.2, 0) is 12.1 Å². The van der Waals surface area contributed by atoms with E-state index in [2.05, 4.69) is 15.2 Å². The molecule has 0 amide bonds. The number of aliphatic hydroxyl groups is 1. The van der Waals surface area contributed by atoms with E-state index < -0.39 is 5.60 Å². The maximum absolute atomic E-state index is 13.2. The molecular weight excluding hydrogens is 331 g/mol. The van der Waals surface area contributed by atoms with Gasteiger partial charge < -0.3 is 5.11 Å². The van der Waals surface area contributed by atoms with Crippen LogP contribution in [-0.4, -0.2) is 38.1 Å². The molecule has 0 saturated carbocycles. The second-order valence-corrected chi connectivity index (χ2v) is 7.17. The molecule has 2 heterocycles. The van der Waals surface area contributed by atoms with Gasteiger partial charge in [-0.25, -0.2) is 9.07 Å². The Morgan fingerprint density at radius 2 is 2.21 bits per heavy atom. The van der Waals surface area contributed by atoms with Crippen molar-refractivity contribution < 1.29 is 9.50 Å². The number of likely N-dealkylation sites (tertiary alicyclic amines) is 1. The molecule has 1 N–H and O–H groups in total. The zero-order chi connectivity index (χ0) is 17.3. The molecule has 1 aromatic heterocycles. The highest BCUT2D eigenvalue weighted by Crippen LogP contribution is 2.32. The van der Waals surface area contributed by atoms with Gasteiger partial charge >= 0.3 is 0 Å². The lowest BCUT2D eigenvalue weighted by molar-refractivity contribution is -0.0414. The molecule has 1 saturated heterocycles. The van der Waals surface area contributed by atoms with E-state index in [0.29, 0.717) is 30.2 Å². The first-order valence-corrected chi connectivity index (χ1v) is 8.56. The van der Waals surface area contributed by atoms with Gasteiger partial charge in [-0.3, -0.25) is 4.90 Å². The SMILES string of the molecule is CC(C)n1cc(C2(O)CCCN(Cc3ccc(F)cc3Cl)C2)nn1. The summed E-state index contributed by atoms with van der Waals surface area (Å²) in [7, 11) is 0. The molecule has 0 bridgehead atoms. The van der Waals surface area contributed by atoms with Gasteiger partial charge in [-0.2, -0.15) is 0 Å². The fourth-order valence-corrected chi connectivity index (χ4v) is 3.33. The number of piperidine rings is 1. The zero-order valence-electron chi connectivity index (χ0n) is 13.9. The van der Waals surface area contributed by atoms with E-state index in [1.807, 2.05) is 20.0 Å². The lowest BCUT2D eigenvalue weighted by Crippen LogP contribution is -2.46. The predicted molar refractivity (Wildman–Crippen MR) is 90.2 cm³/mol. The van der Waals surface area contributed by atoms with Gasteiger partial charge in [-0.15, -0.1) is 5.10 Å². The molecule has 1 aromatic carbocycles. The largest absolute Gasteiger partial charge is 0.382 e. The molecule has 24 heavy (non-hydrogen) atoms. The summed E-state index contributed by atoms with van der Waals surface area (Å²) in [4.78, 5) is 2.12. The average molecular weight is 353 g/mol. The van der Waals surface area contributed by atoms with Crippen molar-refractivity contribution in [2.24, 2.45) is 0 Å². The Bertz CT molecular complexity index is 720. The summed E-state index contributed by atoms with van der Waals surface area (Å²) in [6.07, 6.45) is 3.32. The molecule has 2 aromatic rings. The number of β-amino-alcohol motifs (C(OH)–C–C–N with tert-alkyl or cyclic N) is 1. The number of hydrogen-bond donors (Lipinski definition) is 1. The average Bonchev–Trinajstić information content (AvgIpc) is 3.01. The molecular formula is C17H22ClFN4O. The van der Waals surface area contributed by atoms with Crippen LogP contribution >= 0.6 is 11.6 Å². The maximum Gasteiger partial charge on any atom is 0.124 e.